The second kappa shape index (κ2) is 5.34. The molecule has 4 heteroatoms. The van der Waals surface area contributed by atoms with Gasteiger partial charge in [0, 0.05) is 10.8 Å². The summed E-state index contributed by atoms with van der Waals surface area (Å²) in [5, 5.41) is 12.8. The monoisotopic (exact) mass is 296 g/mol. The van der Waals surface area contributed by atoms with Crippen LogP contribution in [0.2, 0.25) is 0 Å². The first-order chi connectivity index (χ1) is 10.1. The number of nitrogens with zero attached hydrogens (tertiary/aromatic N) is 1. The Morgan fingerprint density at radius 2 is 2.05 bits per heavy atom. The van der Waals surface area contributed by atoms with E-state index in [0.29, 0.717) is 16.5 Å². The van der Waals surface area contributed by atoms with Gasteiger partial charge >= 0.3 is 0 Å². The smallest absolute Gasteiger partial charge is 0.228 e. The highest BCUT2D eigenvalue weighted by Gasteiger charge is 2.44. The van der Waals surface area contributed by atoms with Crippen LogP contribution >= 0.6 is 11.3 Å². The molecule has 0 bridgehead atoms. The Labute approximate surface area is 128 Å². The summed E-state index contributed by atoms with van der Waals surface area (Å²) in [6.45, 7) is 3.89. The van der Waals surface area contributed by atoms with E-state index in [1.54, 1.807) is 0 Å². The maximum absolute atomic E-state index is 12.3. The van der Waals surface area contributed by atoms with Gasteiger partial charge < -0.3 is 5.32 Å². The highest BCUT2D eigenvalue weighted by atomic mass is 32.1. The van der Waals surface area contributed by atoms with Crippen LogP contribution in [0.15, 0.2) is 30.3 Å². The van der Waals surface area contributed by atoms with Crippen LogP contribution in [-0.4, -0.2) is 5.91 Å². The summed E-state index contributed by atoms with van der Waals surface area (Å²) in [4.78, 5) is 13.4. The van der Waals surface area contributed by atoms with Crippen LogP contribution in [0.1, 0.15) is 33.9 Å². The van der Waals surface area contributed by atoms with Gasteiger partial charge in [0.2, 0.25) is 5.91 Å². The van der Waals surface area contributed by atoms with Gasteiger partial charge in [-0.2, -0.15) is 5.26 Å². The number of benzene rings is 1. The molecular weight excluding hydrogens is 280 g/mol. The number of thiophene rings is 1. The first-order valence-corrected chi connectivity index (χ1v) is 7.79. The van der Waals surface area contributed by atoms with Crippen molar-refractivity contribution in [1.82, 2.24) is 0 Å². The average Bonchev–Trinajstić information content (AvgIpc) is 3.24. The van der Waals surface area contributed by atoms with Crippen LogP contribution in [0.4, 0.5) is 5.00 Å². The Balaban J connectivity index is 1.72. The summed E-state index contributed by atoms with van der Waals surface area (Å²) in [5.41, 5.74) is 2.78. The fraction of sp³-hybridized carbons (Fsp3) is 0.294. The summed E-state index contributed by atoms with van der Waals surface area (Å²) in [6, 6.07) is 12.3. The molecule has 106 valence electrons. The minimum atomic E-state index is 0.0293. The zero-order valence-electron chi connectivity index (χ0n) is 12.0. The van der Waals surface area contributed by atoms with Crippen LogP contribution in [-0.2, 0) is 4.79 Å². The summed E-state index contributed by atoms with van der Waals surface area (Å²) >= 11 is 1.48. The van der Waals surface area contributed by atoms with Gasteiger partial charge in [0.05, 0.1) is 5.56 Å². The molecule has 1 N–H and O–H groups in total. The molecule has 0 unspecified atom stereocenters. The largest absolute Gasteiger partial charge is 0.316 e. The maximum Gasteiger partial charge on any atom is 0.228 e. The summed E-state index contributed by atoms with van der Waals surface area (Å²) < 4.78 is 0. The highest BCUT2D eigenvalue weighted by molar-refractivity contribution is 7.16. The van der Waals surface area contributed by atoms with E-state index in [9.17, 15) is 10.1 Å². The van der Waals surface area contributed by atoms with Crippen molar-refractivity contribution in [1.29, 1.82) is 5.26 Å². The molecule has 1 aromatic carbocycles. The minimum Gasteiger partial charge on any atom is -0.316 e. The Bertz CT molecular complexity index is 727. The second-order valence-corrected chi connectivity index (χ2v) is 6.67. The third kappa shape index (κ3) is 2.57. The lowest BCUT2D eigenvalue weighted by Gasteiger charge is -2.03. The molecule has 2 atom stereocenters. The lowest BCUT2D eigenvalue weighted by Crippen LogP contribution is -2.14. The van der Waals surface area contributed by atoms with E-state index >= 15 is 0 Å². The van der Waals surface area contributed by atoms with Crippen molar-refractivity contribution in [2.24, 2.45) is 5.92 Å². The minimum absolute atomic E-state index is 0.0293. The zero-order valence-corrected chi connectivity index (χ0v) is 12.8. The fourth-order valence-corrected chi connectivity index (χ4v) is 3.62. The highest BCUT2D eigenvalue weighted by Crippen LogP contribution is 2.48. The summed E-state index contributed by atoms with van der Waals surface area (Å²) in [5.74, 6) is 0.377. The van der Waals surface area contributed by atoms with Gasteiger partial charge in [-0.15, -0.1) is 11.3 Å². The van der Waals surface area contributed by atoms with Crippen LogP contribution in [0.5, 0.6) is 0 Å². The first-order valence-electron chi connectivity index (χ1n) is 6.97. The second-order valence-electron chi connectivity index (χ2n) is 5.45. The quantitative estimate of drug-likeness (QED) is 0.931. The molecule has 1 amide bonds. The molecule has 1 aliphatic carbocycles. The predicted molar refractivity (Wildman–Crippen MR) is 84.4 cm³/mol. The van der Waals surface area contributed by atoms with E-state index in [1.807, 2.05) is 32.0 Å². The molecule has 21 heavy (non-hydrogen) atoms. The first kappa shape index (κ1) is 13.8. The normalized spacial score (nSPS) is 19.9. The van der Waals surface area contributed by atoms with Gasteiger partial charge in [0.1, 0.15) is 11.1 Å². The van der Waals surface area contributed by atoms with Gasteiger partial charge in [0.25, 0.3) is 0 Å². The van der Waals surface area contributed by atoms with Crippen molar-refractivity contribution >= 4 is 22.2 Å². The van der Waals surface area contributed by atoms with Crippen LogP contribution in [0, 0.1) is 31.1 Å². The van der Waals surface area contributed by atoms with E-state index in [-0.39, 0.29) is 11.8 Å². The molecule has 0 spiro atoms. The number of hydrogen-bond acceptors (Lipinski definition) is 3. The molecule has 2 aromatic rings. The molecule has 3 nitrogen and oxygen atoms in total. The molecule has 0 saturated heterocycles. The Morgan fingerprint density at radius 3 is 2.71 bits per heavy atom. The van der Waals surface area contributed by atoms with E-state index in [0.717, 1.165) is 16.9 Å². The molecule has 1 fully saturated rings. The Morgan fingerprint density at radius 1 is 1.33 bits per heavy atom. The van der Waals surface area contributed by atoms with E-state index in [4.69, 9.17) is 0 Å². The number of hydrogen-bond donors (Lipinski definition) is 1. The number of carbonyl (C=O) groups is 1. The van der Waals surface area contributed by atoms with Crippen LogP contribution < -0.4 is 5.32 Å². The summed E-state index contributed by atoms with van der Waals surface area (Å²) in [7, 11) is 0. The lowest BCUT2D eigenvalue weighted by molar-refractivity contribution is -0.117. The number of nitriles is 1. The topological polar surface area (TPSA) is 52.9 Å². The number of aryl methyl sites for hydroxylation is 1. The average molecular weight is 296 g/mol. The Hall–Kier alpha value is -2.12. The zero-order chi connectivity index (χ0) is 15.0. The van der Waals surface area contributed by atoms with Crippen molar-refractivity contribution < 1.29 is 4.79 Å². The van der Waals surface area contributed by atoms with Crippen molar-refractivity contribution in [3.05, 3.63) is 51.9 Å². The number of nitrogens with one attached hydrogen (secondary N) is 1. The van der Waals surface area contributed by atoms with E-state index in [2.05, 4.69) is 23.5 Å². The van der Waals surface area contributed by atoms with Crippen molar-refractivity contribution in [3.8, 4) is 6.07 Å². The molecule has 1 aliphatic rings. The molecule has 3 rings (SSSR count). The van der Waals surface area contributed by atoms with Gasteiger partial charge in [-0.25, -0.2) is 0 Å². The molecule has 1 aromatic heterocycles. The molecule has 0 aliphatic heterocycles. The predicted octanol–water partition coefficient (Wildman–Crippen LogP) is 3.98. The van der Waals surface area contributed by atoms with Crippen molar-refractivity contribution in [2.45, 2.75) is 26.2 Å². The van der Waals surface area contributed by atoms with E-state index in [1.165, 1.54) is 16.9 Å². The number of amides is 1. The SMILES string of the molecule is Cc1sc(NC(=O)[C@@H]2C[C@@H]2c2ccccc2)c(C#N)c1C. The number of carbonyl (C=O) groups excluding carboxylic acids is 1. The summed E-state index contributed by atoms with van der Waals surface area (Å²) in [6.07, 6.45) is 0.890. The molecule has 1 heterocycles. The van der Waals surface area contributed by atoms with Crippen LogP contribution in [0.3, 0.4) is 0 Å². The van der Waals surface area contributed by atoms with Gasteiger partial charge in [0.15, 0.2) is 0 Å². The maximum atomic E-state index is 12.3. The third-order valence-electron chi connectivity index (χ3n) is 4.09. The van der Waals surface area contributed by atoms with Crippen molar-refractivity contribution in [2.75, 3.05) is 5.32 Å². The van der Waals surface area contributed by atoms with Gasteiger partial charge in [-0.1, -0.05) is 30.3 Å². The fourth-order valence-electron chi connectivity index (χ4n) is 2.61. The van der Waals surface area contributed by atoms with Gasteiger partial charge in [-0.05, 0) is 37.3 Å². The van der Waals surface area contributed by atoms with Crippen molar-refractivity contribution in [3.63, 3.8) is 0 Å². The standard InChI is InChI=1S/C17H16N2OS/c1-10-11(2)21-17(15(10)9-18)19-16(20)14-8-13(14)12-6-4-3-5-7-12/h3-7,13-14H,8H2,1-2H3,(H,19,20)/t13-,14-/m1/s1. The molecular formula is C17H16N2OS. The van der Waals surface area contributed by atoms with Gasteiger partial charge in [-0.3, -0.25) is 4.79 Å². The molecule has 1 saturated carbocycles. The third-order valence-corrected chi connectivity index (χ3v) is 5.21. The molecule has 0 radical (unpaired) electrons. The number of anilines is 1. The van der Waals surface area contributed by atoms with Crippen LogP contribution in [0.25, 0.3) is 0 Å². The number of rotatable bonds is 3. The van der Waals surface area contributed by atoms with E-state index < -0.39 is 0 Å². The lowest BCUT2D eigenvalue weighted by atomic mass is 10.1. The Kier molecular flexibility index (Phi) is 3.52.